The van der Waals surface area contributed by atoms with Gasteiger partial charge in [0.25, 0.3) is 0 Å². The summed E-state index contributed by atoms with van der Waals surface area (Å²) in [5, 5.41) is 22.3. The molecule has 8 nitrogen and oxygen atoms in total. The lowest BCUT2D eigenvalue weighted by Gasteiger charge is -2.30. The van der Waals surface area contributed by atoms with Crippen LogP contribution in [0.5, 0.6) is 17.6 Å². The lowest BCUT2D eigenvalue weighted by atomic mass is 9.94. The van der Waals surface area contributed by atoms with E-state index in [1.807, 2.05) is 6.92 Å². The van der Waals surface area contributed by atoms with Crippen molar-refractivity contribution in [3.05, 3.63) is 47.2 Å². The number of nitrogens with zero attached hydrogens (tertiary/aromatic N) is 4. The van der Waals surface area contributed by atoms with Crippen molar-refractivity contribution in [1.29, 1.82) is 0 Å². The second-order valence-electron chi connectivity index (χ2n) is 12.0. The molecular formula is C32H33F3N4O4. The Morgan fingerprint density at radius 3 is 2.81 bits per heavy atom. The highest BCUT2D eigenvalue weighted by atomic mass is 19.1. The van der Waals surface area contributed by atoms with Gasteiger partial charge >= 0.3 is 6.01 Å². The molecule has 0 saturated carbocycles. The number of phenols is 1. The number of benzene rings is 2. The molecule has 2 N–H and O–H groups in total. The van der Waals surface area contributed by atoms with Crippen molar-refractivity contribution in [3.63, 3.8) is 0 Å². The molecular weight excluding hydrogens is 561 g/mol. The first-order valence-electron chi connectivity index (χ1n) is 14.9. The number of aromatic nitrogens is 3. The molecule has 11 heteroatoms. The number of hydrogen-bond donors (Lipinski definition) is 2. The van der Waals surface area contributed by atoms with Crippen LogP contribution in [-0.2, 0) is 12.8 Å². The van der Waals surface area contributed by atoms with Gasteiger partial charge in [-0.1, -0.05) is 13.0 Å². The lowest BCUT2D eigenvalue weighted by molar-refractivity contribution is 0.0423. The van der Waals surface area contributed by atoms with Crippen LogP contribution in [0.2, 0.25) is 0 Å². The topological polar surface area (TPSA) is 101 Å². The van der Waals surface area contributed by atoms with Crippen molar-refractivity contribution in [1.82, 2.24) is 19.9 Å². The molecule has 0 aliphatic carbocycles. The van der Waals surface area contributed by atoms with Gasteiger partial charge in [0.05, 0.1) is 22.7 Å². The van der Waals surface area contributed by atoms with Gasteiger partial charge < -0.3 is 19.7 Å². The average molecular weight is 595 g/mol. The van der Waals surface area contributed by atoms with Gasteiger partial charge in [-0.3, -0.25) is 4.90 Å². The van der Waals surface area contributed by atoms with E-state index in [1.165, 1.54) is 18.2 Å². The quantitative estimate of drug-likeness (QED) is 0.305. The van der Waals surface area contributed by atoms with Crippen LogP contribution in [0.3, 0.4) is 0 Å². The molecule has 0 bridgehead atoms. The highest BCUT2D eigenvalue weighted by Crippen LogP contribution is 2.43. The molecule has 3 aliphatic heterocycles. The smallest absolute Gasteiger partial charge is 0.320 e. The largest absolute Gasteiger partial charge is 0.508 e. The molecule has 43 heavy (non-hydrogen) atoms. The van der Waals surface area contributed by atoms with E-state index < -0.39 is 35.6 Å². The fourth-order valence-electron chi connectivity index (χ4n) is 7.20. The normalized spacial score (nSPS) is 24.2. The van der Waals surface area contributed by atoms with Crippen LogP contribution in [0.15, 0.2) is 24.3 Å². The summed E-state index contributed by atoms with van der Waals surface area (Å²) in [5.41, 5.74) is 0.427. The van der Waals surface area contributed by atoms with Gasteiger partial charge in [0.1, 0.15) is 41.7 Å². The van der Waals surface area contributed by atoms with Crippen LogP contribution in [0, 0.1) is 11.6 Å². The molecule has 0 radical (unpaired) electrons. The predicted octanol–water partition coefficient (Wildman–Crippen LogP) is 5.42. The summed E-state index contributed by atoms with van der Waals surface area (Å²) in [4.78, 5) is 15.8. The van der Waals surface area contributed by atoms with Crippen molar-refractivity contribution in [3.8, 4) is 28.9 Å². The van der Waals surface area contributed by atoms with Crippen LogP contribution in [-0.4, -0.2) is 73.7 Å². The minimum Gasteiger partial charge on any atom is -0.508 e. The van der Waals surface area contributed by atoms with E-state index in [0.29, 0.717) is 54.3 Å². The maximum atomic E-state index is 16.7. The third-order valence-corrected chi connectivity index (χ3v) is 9.27. The number of aliphatic hydroxyl groups excluding tert-OH is 1. The van der Waals surface area contributed by atoms with Crippen LogP contribution < -0.4 is 9.47 Å². The highest BCUT2D eigenvalue weighted by molar-refractivity contribution is 6.01. The monoisotopic (exact) mass is 594 g/mol. The second-order valence-corrected chi connectivity index (χ2v) is 12.0. The number of aromatic hydroxyl groups is 1. The fraction of sp³-hybridized carbons (Fsp3) is 0.469. The van der Waals surface area contributed by atoms with Crippen LogP contribution in [0.4, 0.5) is 13.2 Å². The fourth-order valence-corrected chi connectivity index (χ4v) is 7.20. The molecule has 0 unspecified atom stereocenters. The molecule has 7 rings (SSSR count). The summed E-state index contributed by atoms with van der Waals surface area (Å²) in [6.45, 7) is 4.71. The first-order chi connectivity index (χ1) is 20.7. The molecule has 0 amide bonds. The molecule has 2 fully saturated rings. The molecule has 3 aliphatic rings. The Kier molecular flexibility index (Phi) is 6.85. The molecule has 5 heterocycles. The van der Waals surface area contributed by atoms with Crippen molar-refractivity contribution in [2.75, 3.05) is 19.7 Å². The minimum absolute atomic E-state index is 0.0491. The van der Waals surface area contributed by atoms with Gasteiger partial charge in [-0.05, 0) is 80.1 Å². The molecule has 2 aromatic carbocycles. The summed E-state index contributed by atoms with van der Waals surface area (Å²) >= 11 is 0. The van der Waals surface area contributed by atoms with Crippen LogP contribution in [0.1, 0.15) is 50.8 Å². The number of ether oxygens (including phenoxy) is 2. The van der Waals surface area contributed by atoms with E-state index in [-0.39, 0.29) is 46.4 Å². The van der Waals surface area contributed by atoms with E-state index in [0.717, 1.165) is 19.4 Å². The standard InChI is InChI=1S/C32H33F3N4O4/c1-3-20-22(34)6-5-17-11-19(41)12-21(25(17)20)28-27(35)29-26-23(36-28)7-8-24(16(2)40)43-30(26)38-31(37-29)42-15-32-9-4-10-39(32)14-18(33)13-32/h5-6,11-12,16,18,24,40-41H,3-4,7-10,13-15H2,1-2H3/t16-,18-,24-,32+/m1/s1. The number of alkyl halides is 1. The number of rotatable bonds is 6. The maximum absolute atomic E-state index is 16.7. The number of fused-ring (bicyclic) bond motifs is 2. The molecule has 0 spiro atoms. The van der Waals surface area contributed by atoms with E-state index in [1.54, 1.807) is 13.0 Å². The van der Waals surface area contributed by atoms with Gasteiger partial charge in [-0.25, -0.2) is 18.2 Å². The number of aryl methyl sites for hydroxylation is 2. The summed E-state index contributed by atoms with van der Waals surface area (Å²) in [5.74, 6) is -1.29. The first-order valence-corrected chi connectivity index (χ1v) is 14.9. The van der Waals surface area contributed by atoms with Crippen molar-refractivity contribution in [2.24, 2.45) is 0 Å². The van der Waals surface area contributed by atoms with Gasteiger partial charge in [0.15, 0.2) is 5.82 Å². The number of halogens is 3. The lowest BCUT2D eigenvalue weighted by Crippen LogP contribution is -2.43. The Hall–Kier alpha value is -3.70. The Labute approximate surface area is 246 Å². The summed E-state index contributed by atoms with van der Waals surface area (Å²) < 4.78 is 58.2. The van der Waals surface area contributed by atoms with Gasteiger partial charge in [0.2, 0.25) is 5.88 Å². The molecule has 2 saturated heterocycles. The molecule has 226 valence electrons. The molecule has 4 atom stereocenters. The van der Waals surface area contributed by atoms with E-state index in [9.17, 15) is 19.0 Å². The van der Waals surface area contributed by atoms with Crippen LogP contribution >= 0.6 is 0 Å². The Balaban J connectivity index is 1.41. The second kappa shape index (κ2) is 10.5. The third kappa shape index (κ3) is 4.64. The number of aliphatic hydroxyl groups is 1. The van der Waals surface area contributed by atoms with E-state index in [2.05, 4.69) is 14.9 Å². The Morgan fingerprint density at radius 1 is 1.19 bits per heavy atom. The first kappa shape index (κ1) is 28.1. The van der Waals surface area contributed by atoms with Gasteiger partial charge in [-0.2, -0.15) is 9.97 Å². The van der Waals surface area contributed by atoms with Crippen molar-refractivity contribution < 1.29 is 32.9 Å². The number of pyridine rings is 1. The van der Waals surface area contributed by atoms with Crippen molar-refractivity contribution >= 4 is 21.7 Å². The zero-order valence-corrected chi connectivity index (χ0v) is 24.0. The minimum atomic E-state index is -0.940. The zero-order valence-electron chi connectivity index (χ0n) is 24.0. The Morgan fingerprint density at radius 2 is 2.02 bits per heavy atom. The third-order valence-electron chi connectivity index (χ3n) is 9.27. The summed E-state index contributed by atoms with van der Waals surface area (Å²) in [6, 6.07) is 5.65. The molecule has 4 aromatic rings. The van der Waals surface area contributed by atoms with Crippen LogP contribution in [0.25, 0.3) is 32.9 Å². The van der Waals surface area contributed by atoms with Gasteiger partial charge in [0, 0.05) is 18.5 Å². The number of phenolic OH excluding ortho intramolecular Hbond substituents is 1. The number of hydrogen-bond acceptors (Lipinski definition) is 8. The van der Waals surface area contributed by atoms with Gasteiger partial charge in [-0.15, -0.1) is 0 Å². The van der Waals surface area contributed by atoms with E-state index >= 15 is 4.39 Å². The van der Waals surface area contributed by atoms with E-state index in [4.69, 9.17) is 14.5 Å². The SMILES string of the molecule is CCc1c(F)ccc2cc(O)cc(-c3nc4c5c(nc(OC[C@@]67CCCN6C[C@H](F)C7)nc5c3F)O[C@@H]([C@@H](C)O)CC4)c12. The average Bonchev–Trinajstić information content (AvgIpc) is 3.43. The van der Waals surface area contributed by atoms with Crippen molar-refractivity contribution in [2.45, 2.75) is 76.3 Å². The molecule has 2 aromatic heterocycles. The zero-order chi connectivity index (χ0) is 30.0. The predicted molar refractivity (Wildman–Crippen MR) is 154 cm³/mol. The maximum Gasteiger partial charge on any atom is 0.320 e. The highest BCUT2D eigenvalue weighted by Gasteiger charge is 2.49. The summed E-state index contributed by atoms with van der Waals surface area (Å²) in [7, 11) is 0. The Bertz CT molecular complexity index is 1750. The summed E-state index contributed by atoms with van der Waals surface area (Å²) in [6.07, 6.45) is 0.693.